The third-order valence-corrected chi connectivity index (χ3v) is 3.24. The van der Waals surface area contributed by atoms with E-state index in [2.05, 4.69) is 4.98 Å². The van der Waals surface area contributed by atoms with Crippen molar-refractivity contribution in [2.75, 3.05) is 6.54 Å². The Kier molecular flexibility index (Phi) is 3.25. The predicted octanol–water partition coefficient (Wildman–Crippen LogP) is 2.88. The summed E-state index contributed by atoms with van der Waals surface area (Å²) in [5, 5.41) is 8.97. The Balaban J connectivity index is 1.77. The van der Waals surface area contributed by atoms with Crippen molar-refractivity contribution < 1.29 is 14.3 Å². The average Bonchev–Trinajstić information content (AvgIpc) is 2.88. The van der Waals surface area contributed by atoms with Crippen molar-refractivity contribution in [1.82, 2.24) is 9.88 Å². The Morgan fingerprint density at radius 1 is 1.30 bits per heavy atom. The zero-order valence-electron chi connectivity index (χ0n) is 10.8. The van der Waals surface area contributed by atoms with Crippen molar-refractivity contribution in [3.8, 4) is 0 Å². The van der Waals surface area contributed by atoms with Gasteiger partial charge in [-0.1, -0.05) is 30.3 Å². The van der Waals surface area contributed by atoms with Gasteiger partial charge in [-0.25, -0.2) is 9.78 Å². The molecule has 0 unspecified atom stereocenters. The minimum Gasteiger partial charge on any atom is -0.465 e. The van der Waals surface area contributed by atoms with E-state index in [9.17, 15) is 4.79 Å². The van der Waals surface area contributed by atoms with Crippen molar-refractivity contribution in [3.63, 3.8) is 0 Å². The van der Waals surface area contributed by atoms with Gasteiger partial charge < -0.3 is 14.4 Å². The van der Waals surface area contributed by atoms with E-state index in [0.29, 0.717) is 24.6 Å². The van der Waals surface area contributed by atoms with Crippen molar-refractivity contribution in [2.45, 2.75) is 13.0 Å². The highest BCUT2D eigenvalue weighted by Crippen LogP contribution is 2.21. The van der Waals surface area contributed by atoms with Gasteiger partial charge in [0.1, 0.15) is 5.76 Å². The van der Waals surface area contributed by atoms with Crippen LogP contribution < -0.4 is 0 Å². The lowest BCUT2D eigenvalue weighted by Crippen LogP contribution is -2.34. The summed E-state index contributed by atoms with van der Waals surface area (Å²) in [6.07, 6.45) is 3.41. The Bertz CT molecular complexity index is 646. The molecule has 20 heavy (non-hydrogen) atoms. The van der Waals surface area contributed by atoms with E-state index in [1.807, 2.05) is 36.4 Å². The number of carbonyl (C=O) groups is 1. The lowest BCUT2D eigenvalue weighted by Gasteiger charge is -2.21. The van der Waals surface area contributed by atoms with Gasteiger partial charge in [0.2, 0.25) is 5.89 Å². The number of hydrogen-bond acceptors (Lipinski definition) is 3. The summed E-state index contributed by atoms with van der Waals surface area (Å²) in [5.41, 5.74) is 1.92. The Morgan fingerprint density at radius 2 is 2.10 bits per heavy atom. The van der Waals surface area contributed by atoms with Gasteiger partial charge in [0.25, 0.3) is 0 Å². The number of rotatable bonds is 2. The van der Waals surface area contributed by atoms with Crippen LogP contribution in [-0.4, -0.2) is 27.6 Å². The molecule has 5 heteroatoms. The number of fused-ring (bicyclic) bond motifs is 1. The first-order chi connectivity index (χ1) is 9.72. The second-order valence-corrected chi connectivity index (χ2v) is 4.62. The van der Waals surface area contributed by atoms with Gasteiger partial charge in [0.05, 0.1) is 12.2 Å². The van der Waals surface area contributed by atoms with Crippen LogP contribution in [0.1, 0.15) is 22.9 Å². The third kappa shape index (κ3) is 2.56. The summed E-state index contributed by atoms with van der Waals surface area (Å²) in [6, 6.07) is 9.87. The van der Waals surface area contributed by atoms with E-state index in [0.717, 1.165) is 11.3 Å². The molecule has 3 rings (SSSR count). The number of benzene rings is 1. The van der Waals surface area contributed by atoms with Crippen LogP contribution in [0.5, 0.6) is 0 Å². The molecule has 1 aliphatic heterocycles. The highest BCUT2D eigenvalue weighted by Gasteiger charge is 2.24. The van der Waals surface area contributed by atoms with Gasteiger partial charge in [-0.2, -0.15) is 0 Å². The molecule has 2 heterocycles. The van der Waals surface area contributed by atoms with Crippen molar-refractivity contribution >= 4 is 18.2 Å². The molecule has 2 aromatic rings. The first kappa shape index (κ1) is 12.5. The van der Waals surface area contributed by atoms with Crippen molar-refractivity contribution in [2.24, 2.45) is 0 Å². The molecule has 0 saturated heterocycles. The molecule has 1 aromatic heterocycles. The molecule has 0 atom stereocenters. The molecule has 1 aliphatic rings. The molecular weight excluding hydrogens is 256 g/mol. The fraction of sp³-hybridized carbons (Fsp3) is 0.200. The summed E-state index contributed by atoms with van der Waals surface area (Å²) >= 11 is 0. The predicted molar refractivity (Wildman–Crippen MR) is 74.0 cm³/mol. The van der Waals surface area contributed by atoms with Gasteiger partial charge in [-0.05, 0) is 11.6 Å². The van der Waals surface area contributed by atoms with Gasteiger partial charge >= 0.3 is 6.09 Å². The number of amides is 1. The lowest BCUT2D eigenvalue weighted by atomic mass is 10.2. The van der Waals surface area contributed by atoms with E-state index in [1.54, 1.807) is 6.08 Å². The SMILES string of the molecule is O=C(O)N1CCc2nc(/C=C/c3ccccc3)oc2C1. The van der Waals surface area contributed by atoms with Crippen LogP contribution in [0.4, 0.5) is 4.79 Å². The molecular formula is C15H14N2O3. The van der Waals surface area contributed by atoms with E-state index in [1.165, 1.54) is 4.90 Å². The zero-order chi connectivity index (χ0) is 13.9. The Hall–Kier alpha value is -2.56. The maximum atomic E-state index is 10.9. The van der Waals surface area contributed by atoms with Crippen LogP contribution in [0, 0.1) is 0 Å². The number of nitrogens with zero attached hydrogens (tertiary/aromatic N) is 2. The first-order valence-corrected chi connectivity index (χ1v) is 6.42. The third-order valence-electron chi connectivity index (χ3n) is 3.24. The molecule has 5 nitrogen and oxygen atoms in total. The fourth-order valence-electron chi connectivity index (χ4n) is 2.18. The van der Waals surface area contributed by atoms with Gasteiger partial charge in [0, 0.05) is 19.0 Å². The Morgan fingerprint density at radius 3 is 2.85 bits per heavy atom. The fourth-order valence-corrected chi connectivity index (χ4v) is 2.18. The van der Waals surface area contributed by atoms with Crippen molar-refractivity contribution in [3.05, 3.63) is 53.2 Å². The number of hydrogen-bond donors (Lipinski definition) is 1. The largest absolute Gasteiger partial charge is 0.465 e. The molecule has 0 radical (unpaired) electrons. The Labute approximate surface area is 116 Å². The van der Waals surface area contributed by atoms with Gasteiger partial charge in [-0.15, -0.1) is 0 Å². The van der Waals surface area contributed by atoms with E-state index >= 15 is 0 Å². The lowest BCUT2D eigenvalue weighted by molar-refractivity contribution is 0.135. The summed E-state index contributed by atoms with van der Waals surface area (Å²) in [6.45, 7) is 0.744. The number of carboxylic acid groups (broad SMARTS) is 1. The summed E-state index contributed by atoms with van der Waals surface area (Å²) in [7, 11) is 0. The molecule has 0 saturated carbocycles. The van der Waals surface area contributed by atoms with Crippen LogP contribution in [0.3, 0.4) is 0 Å². The molecule has 0 aliphatic carbocycles. The van der Waals surface area contributed by atoms with Gasteiger partial charge in [-0.3, -0.25) is 0 Å². The normalized spacial score (nSPS) is 14.5. The van der Waals surface area contributed by atoms with E-state index in [-0.39, 0.29) is 6.54 Å². The quantitative estimate of drug-likeness (QED) is 0.911. The van der Waals surface area contributed by atoms with Gasteiger partial charge in [0.15, 0.2) is 0 Å². The average molecular weight is 270 g/mol. The summed E-state index contributed by atoms with van der Waals surface area (Å²) in [5.74, 6) is 1.16. The molecule has 0 bridgehead atoms. The van der Waals surface area contributed by atoms with Crippen LogP contribution in [0.15, 0.2) is 34.7 Å². The smallest absolute Gasteiger partial charge is 0.407 e. The van der Waals surface area contributed by atoms with E-state index < -0.39 is 6.09 Å². The minimum absolute atomic E-state index is 0.275. The molecule has 102 valence electrons. The second kappa shape index (κ2) is 5.21. The molecule has 0 fully saturated rings. The monoisotopic (exact) mass is 270 g/mol. The van der Waals surface area contributed by atoms with Crippen LogP contribution in [0.25, 0.3) is 12.2 Å². The van der Waals surface area contributed by atoms with Crippen molar-refractivity contribution in [1.29, 1.82) is 0 Å². The van der Waals surface area contributed by atoms with Crippen LogP contribution in [0.2, 0.25) is 0 Å². The minimum atomic E-state index is -0.923. The molecule has 1 aromatic carbocycles. The topological polar surface area (TPSA) is 66.6 Å². The highest BCUT2D eigenvalue weighted by atomic mass is 16.4. The standard InChI is InChI=1S/C15H14N2O3/c18-15(19)17-9-8-12-13(10-17)20-14(16-12)7-6-11-4-2-1-3-5-11/h1-7H,8-10H2,(H,18,19)/b7-6+. The second-order valence-electron chi connectivity index (χ2n) is 4.62. The molecule has 0 spiro atoms. The summed E-state index contributed by atoms with van der Waals surface area (Å²) < 4.78 is 5.61. The number of aromatic nitrogens is 1. The van der Waals surface area contributed by atoms with Crippen LogP contribution >= 0.6 is 0 Å². The van der Waals surface area contributed by atoms with Crippen LogP contribution in [-0.2, 0) is 13.0 Å². The summed E-state index contributed by atoms with van der Waals surface area (Å²) in [4.78, 5) is 16.6. The maximum absolute atomic E-state index is 10.9. The molecule has 1 amide bonds. The maximum Gasteiger partial charge on any atom is 0.407 e. The highest BCUT2D eigenvalue weighted by molar-refractivity contribution is 5.67. The molecule has 1 N–H and O–H groups in total. The first-order valence-electron chi connectivity index (χ1n) is 6.42. The number of oxazole rings is 1. The zero-order valence-corrected chi connectivity index (χ0v) is 10.8. The van der Waals surface area contributed by atoms with E-state index in [4.69, 9.17) is 9.52 Å².